The van der Waals surface area contributed by atoms with Gasteiger partial charge in [-0.25, -0.2) is 0 Å². The van der Waals surface area contributed by atoms with E-state index in [4.69, 9.17) is 5.73 Å². The first-order valence-electron chi connectivity index (χ1n) is 4.00. The number of nitrogens with two attached hydrogens (primary N) is 1. The molecule has 0 heterocycles. The number of allylic oxidation sites excluding steroid dienone is 3. The first-order valence-corrected chi connectivity index (χ1v) is 4.00. The molecule has 0 aromatic carbocycles. The molecule has 66 valence electrons. The molecule has 0 aliphatic carbocycles. The van der Waals surface area contributed by atoms with Gasteiger partial charge in [-0.15, -0.1) is 0 Å². The summed E-state index contributed by atoms with van der Waals surface area (Å²) in [5.41, 5.74) is 5.29. The highest BCUT2D eigenvalue weighted by atomic mass is 16.1. The summed E-state index contributed by atoms with van der Waals surface area (Å²) in [6.45, 7) is 5.58. The monoisotopic (exact) mass is 165 g/mol. The van der Waals surface area contributed by atoms with E-state index in [9.17, 15) is 4.79 Å². The van der Waals surface area contributed by atoms with E-state index in [1.807, 2.05) is 12.2 Å². The molecular formula is C10H15NO. The van der Waals surface area contributed by atoms with Gasteiger partial charge in [-0.05, 0) is 6.42 Å². The summed E-state index contributed by atoms with van der Waals surface area (Å²) in [4.78, 5) is 10.5. The number of unbranched alkanes of at least 4 members (excludes halogenated alkanes) is 1. The molecule has 0 saturated heterocycles. The molecule has 12 heavy (non-hydrogen) atoms. The summed E-state index contributed by atoms with van der Waals surface area (Å²) in [7, 11) is 0. The minimum atomic E-state index is -0.477. The van der Waals surface area contributed by atoms with Crippen LogP contribution in [0.2, 0.25) is 0 Å². The molecule has 0 atom stereocenters. The highest BCUT2D eigenvalue weighted by Gasteiger charge is 1.92. The second-order valence-electron chi connectivity index (χ2n) is 2.47. The van der Waals surface area contributed by atoms with Gasteiger partial charge in [0.05, 0.1) is 0 Å². The van der Waals surface area contributed by atoms with Crippen LogP contribution in [-0.4, -0.2) is 5.91 Å². The Morgan fingerprint density at radius 2 is 2.17 bits per heavy atom. The van der Waals surface area contributed by atoms with Crippen molar-refractivity contribution >= 4 is 5.91 Å². The molecule has 2 N–H and O–H groups in total. The molecule has 0 unspecified atom stereocenters. The first-order chi connectivity index (χ1) is 5.68. The fourth-order valence-corrected chi connectivity index (χ4v) is 0.595. The maximum atomic E-state index is 10.5. The molecule has 0 rings (SSSR count). The summed E-state index contributed by atoms with van der Waals surface area (Å²) in [6.07, 6.45) is 9.47. The van der Waals surface area contributed by atoms with Crippen LogP contribution in [0.25, 0.3) is 0 Å². The second kappa shape index (κ2) is 6.40. The normalized spacial score (nSPS) is 11.1. The summed E-state index contributed by atoms with van der Waals surface area (Å²) >= 11 is 0. The van der Waals surface area contributed by atoms with Crippen LogP contribution in [0, 0.1) is 0 Å². The van der Waals surface area contributed by atoms with Crippen LogP contribution >= 0.6 is 0 Å². The van der Waals surface area contributed by atoms with E-state index in [1.54, 1.807) is 12.2 Å². The van der Waals surface area contributed by atoms with Crippen molar-refractivity contribution in [1.82, 2.24) is 0 Å². The number of hydrogen-bond acceptors (Lipinski definition) is 1. The van der Waals surface area contributed by atoms with Gasteiger partial charge in [0.25, 0.3) is 0 Å². The SMILES string of the molecule is C=C(C=CC=CCCC)C(N)=O. The highest BCUT2D eigenvalue weighted by Crippen LogP contribution is 1.93. The smallest absolute Gasteiger partial charge is 0.248 e. The van der Waals surface area contributed by atoms with Gasteiger partial charge in [0.15, 0.2) is 0 Å². The van der Waals surface area contributed by atoms with E-state index in [-0.39, 0.29) is 0 Å². The maximum absolute atomic E-state index is 10.5. The number of amides is 1. The Labute approximate surface area is 73.5 Å². The number of carbonyl (C=O) groups is 1. The molecule has 0 aliphatic rings. The van der Waals surface area contributed by atoms with E-state index in [0.29, 0.717) is 5.57 Å². The lowest BCUT2D eigenvalue weighted by molar-refractivity contribution is -0.114. The largest absolute Gasteiger partial charge is 0.366 e. The van der Waals surface area contributed by atoms with Crippen molar-refractivity contribution in [1.29, 1.82) is 0 Å². The van der Waals surface area contributed by atoms with Gasteiger partial charge >= 0.3 is 0 Å². The van der Waals surface area contributed by atoms with Crippen molar-refractivity contribution in [2.75, 3.05) is 0 Å². The predicted molar refractivity (Wildman–Crippen MR) is 51.5 cm³/mol. The number of rotatable bonds is 5. The van der Waals surface area contributed by atoms with Crippen LogP contribution in [0.4, 0.5) is 0 Å². The van der Waals surface area contributed by atoms with Crippen LogP contribution in [0.15, 0.2) is 36.5 Å². The average Bonchev–Trinajstić information content (AvgIpc) is 2.03. The topological polar surface area (TPSA) is 43.1 Å². The molecule has 0 spiro atoms. The molecule has 0 aromatic rings. The maximum Gasteiger partial charge on any atom is 0.248 e. The van der Waals surface area contributed by atoms with Gasteiger partial charge in [0.1, 0.15) is 0 Å². The number of hydrogen-bond donors (Lipinski definition) is 1. The van der Waals surface area contributed by atoms with Gasteiger partial charge in [-0.3, -0.25) is 4.79 Å². The van der Waals surface area contributed by atoms with E-state index < -0.39 is 5.91 Å². The Morgan fingerprint density at radius 1 is 1.50 bits per heavy atom. The van der Waals surface area contributed by atoms with E-state index >= 15 is 0 Å². The molecule has 2 nitrogen and oxygen atoms in total. The summed E-state index contributed by atoms with van der Waals surface area (Å²) in [5.74, 6) is -0.477. The van der Waals surface area contributed by atoms with Crippen molar-refractivity contribution in [3.8, 4) is 0 Å². The van der Waals surface area contributed by atoms with Crippen molar-refractivity contribution in [3.05, 3.63) is 36.5 Å². The van der Waals surface area contributed by atoms with Crippen LogP contribution in [-0.2, 0) is 4.79 Å². The van der Waals surface area contributed by atoms with Crippen LogP contribution in [0.5, 0.6) is 0 Å². The zero-order valence-electron chi connectivity index (χ0n) is 7.42. The predicted octanol–water partition coefficient (Wildman–Crippen LogP) is 1.94. The molecule has 1 amide bonds. The van der Waals surface area contributed by atoms with E-state index in [0.717, 1.165) is 12.8 Å². The Kier molecular flexibility index (Phi) is 5.70. The minimum Gasteiger partial charge on any atom is -0.366 e. The fourth-order valence-electron chi connectivity index (χ4n) is 0.595. The van der Waals surface area contributed by atoms with Crippen molar-refractivity contribution in [2.45, 2.75) is 19.8 Å². The molecule has 2 heteroatoms. The molecule has 0 aliphatic heterocycles. The number of primary amides is 1. The fraction of sp³-hybridized carbons (Fsp3) is 0.300. The van der Waals surface area contributed by atoms with Crippen LogP contribution in [0.1, 0.15) is 19.8 Å². The van der Waals surface area contributed by atoms with E-state index in [1.165, 1.54) is 0 Å². The zero-order chi connectivity index (χ0) is 9.40. The molecule has 0 bridgehead atoms. The lowest BCUT2D eigenvalue weighted by Crippen LogP contribution is -2.11. The highest BCUT2D eigenvalue weighted by molar-refractivity contribution is 5.94. The third-order valence-corrected chi connectivity index (χ3v) is 1.32. The number of carbonyl (C=O) groups excluding carboxylic acids is 1. The second-order valence-corrected chi connectivity index (χ2v) is 2.47. The van der Waals surface area contributed by atoms with Gasteiger partial charge in [-0.1, -0.05) is 44.2 Å². The molecule has 0 fully saturated rings. The Balaban J connectivity index is 3.76. The van der Waals surface area contributed by atoms with Crippen LogP contribution in [0.3, 0.4) is 0 Å². The van der Waals surface area contributed by atoms with Gasteiger partial charge < -0.3 is 5.73 Å². The Morgan fingerprint density at radius 3 is 2.67 bits per heavy atom. The van der Waals surface area contributed by atoms with Crippen molar-refractivity contribution < 1.29 is 4.79 Å². The molecule has 0 radical (unpaired) electrons. The molecule has 0 saturated carbocycles. The third-order valence-electron chi connectivity index (χ3n) is 1.32. The lowest BCUT2D eigenvalue weighted by Gasteiger charge is -1.87. The summed E-state index contributed by atoms with van der Waals surface area (Å²) < 4.78 is 0. The quantitative estimate of drug-likeness (QED) is 0.491. The Hall–Kier alpha value is -1.31. The van der Waals surface area contributed by atoms with Gasteiger partial charge in [0, 0.05) is 5.57 Å². The van der Waals surface area contributed by atoms with Crippen molar-refractivity contribution in [3.63, 3.8) is 0 Å². The third kappa shape index (κ3) is 5.47. The summed E-state index contributed by atoms with van der Waals surface area (Å²) in [6, 6.07) is 0. The molecule has 0 aromatic heterocycles. The summed E-state index contributed by atoms with van der Waals surface area (Å²) in [5, 5.41) is 0. The lowest BCUT2D eigenvalue weighted by atomic mass is 10.2. The minimum absolute atomic E-state index is 0.330. The van der Waals surface area contributed by atoms with Crippen LogP contribution < -0.4 is 5.73 Å². The zero-order valence-corrected chi connectivity index (χ0v) is 7.42. The molecular weight excluding hydrogens is 150 g/mol. The Bertz CT molecular complexity index is 214. The standard InChI is InChI=1S/C10H15NO/c1-3-4-5-6-7-8-9(2)10(11)12/h5-8H,2-4H2,1H3,(H2,11,12). The van der Waals surface area contributed by atoms with E-state index in [2.05, 4.69) is 13.5 Å². The van der Waals surface area contributed by atoms with Gasteiger partial charge in [-0.2, -0.15) is 0 Å². The average molecular weight is 165 g/mol. The van der Waals surface area contributed by atoms with Gasteiger partial charge in [0.2, 0.25) is 5.91 Å². The first kappa shape index (κ1) is 10.7. The van der Waals surface area contributed by atoms with Crippen molar-refractivity contribution in [2.24, 2.45) is 5.73 Å².